The first kappa shape index (κ1) is 17.1. The van der Waals surface area contributed by atoms with Gasteiger partial charge in [0.2, 0.25) is 0 Å². The molecule has 6 nitrogen and oxygen atoms in total. The average Bonchev–Trinajstić information content (AvgIpc) is 2.96. The highest BCUT2D eigenvalue weighted by molar-refractivity contribution is 6.07. The summed E-state index contributed by atoms with van der Waals surface area (Å²) in [7, 11) is 0. The van der Waals surface area contributed by atoms with Crippen LogP contribution in [0.2, 0.25) is 0 Å². The van der Waals surface area contributed by atoms with Gasteiger partial charge in [0, 0.05) is 11.8 Å². The van der Waals surface area contributed by atoms with Gasteiger partial charge in [-0.25, -0.2) is 0 Å². The molecule has 2 heterocycles. The lowest BCUT2D eigenvalue weighted by Crippen LogP contribution is -2.70. The highest BCUT2D eigenvalue weighted by Crippen LogP contribution is 2.72. The van der Waals surface area contributed by atoms with Crippen LogP contribution in [0.15, 0.2) is 0 Å². The lowest BCUT2D eigenvalue weighted by molar-refractivity contribution is -0.268. The van der Waals surface area contributed by atoms with E-state index in [1.54, 1.807) is 0 Å². The van der Waals surface area contributed by atoms with E-state index in [4.69, 9.17) is 9.47 Å². The first-order chi connectivity index (χ1) is 12.2. The fourth-order valence-corrected chi connectivity index (χ4v) is 7.68. The minimum Gasteiger partial charge on any atom is -0.461 e. The van der Waals surface area contributed by atoms with E-state index in [-0.39, 0.29) is 34.9 Å². The Balaban J connectivity index is 1.73. The second kappa shape index (κ2) is 4.89. The Kier molecular flexibility index (Phi) is 3.22. The Morgan fingerprint density at radius 3 is 2.58 bits per heavy atom. The number of ketones is 1. The zero-order valence-electron chi connectivity index (χ0n) is 15.6. The quantitative estimate of drug-likeness (QED) is 0.501. The van der Waals surface area contributed by atoms with Crippen LogP contribution in [0.4, 0.5) is 0 Å². The molecule has 0 radical (unpaired) electrons. The number of aliphatic hydroxyl groups excluding tert-OH is 2. The molecule has 3 saturated carbocycles. The smallest absolute Gasteiger partial charge is 0.320 e. The number of ether oxygens (including phenoxy) is 2. The monoisotopic (exact) mass is 364 g/mol. The van der Waals surface area contributed by atoms with Gasteiger partial charge in [-0.1, -0.05) is 20.8 Å². The van der Waals surface area contributed by atoms with Crippen molar-refractivity contribution in [2.75, 3.05) is 0 Å². The second-order valence-corrected chi connectivity index (χ2v) is 10.00. The largest absolute Gasteiger partial charge is 0.461 e. The van der Waals surface area contributed by atoms with E-state index in [0.717, 1.165) is 12.8 Å². The molecular formula is C20H28O6. The Bertz CT molecular complexity index is 688. The number of carbonyl (C=O) groups excluding carboxylic acids is 2. The van der Waals surface area contributed by atoms with Gasteiger partial charge in [0.25, 0.3) is 0 Å². The van der Waals surface area contributed by atoms with Gasteiger partial charge in [0.1, 0.15) is 11.5 Å². The molecule has 2 aliphatic heterocycles. The van der Waals surface area contributed by atoms with Gasteiger partial charge in [-0.2, -0.15) is 0 Å². The van der Waals surface area contributed by atoms with Crippen LogP contribution in [-0.2, 0) is 19.1 Å². The van der Waals surface area contributed by atoms with Crippen LogP contribution in [0.25, 0.3) is 0 Å². The summed E-state index contributed by atoms with van der Waals surface area (Å²) in [6.07, 6.45) is 0.658. The first-order valence-corrected chi connectivity index (χ1v) is 9.94. The molecule has 0 aromatic rings. The van der Waals surface area contributed by atoms with Crippen molar-refractivity contribution in [1.29, 1.82) is 0 Å². The fourth-order valence-electron chi connectivity index (χ4n) is 7.68. The van der Waals surface area contributed by atoms with Gasteiger partial charge in [0.05, 0.1) is 5.41 Å². The molecule has 0 amide bonds. The molecule has 26 heavy (non-hydrogen) atoms. The third-order valence-electron chi connectivity index (χ3n) is 8.75. The maximum Gasteiger partial charge on any atom is 0.320 e. The van der Waals surface area contributed by atoms with Gasteiger partial charge in [0.15, 0.2) is 18.4 Å². The standard InChI is InChI=1S/C20H28O6/c1-9-10-4-5-11-19(8-10,14(9)21)16(23)25-12-6-7-18(2,3)13-15(22)26-17(24)20(11,12)13/h9-13,15,17,22,24H,4-8H2,1-3H3/t9-,10+,11-,12+,13-,15-,17?,19+,20?/m1/s1. The second-order valence-electron chi connectivity index (χ2n) is 10.00. The van der Waals surface area contributed by atoms with Crippen molar-refractivity contribution in [3.63, 3.8) is 0 Å². The van der Waals surface area contributed by atoms with E-state index in [9.17, 15) is 19.8 Å². The van der Waals surface area contributed by atoms with Gasteiger partial charge in [-0.15, -0.1) is 0 Å². The Morgan fingerprint density at radius 2 is 1.85 bits per heavy atom. The van der Waals surface area contributed by atoms with Crippen LogP contribution in [0.3, 0.4) is 0 Å². The number of rotatable bonds is 0. The third-order valence-corrected chi connectivity index (χ3v) is 8.75. The lowest BCUT2D eigenvalue weighted by Gasteiger charge is -2.62. The molecule has 0 aromatic carbocycles. The van der Waals surface area contributed by atoms with Crippen LogP contribution in [-0.4, -0.2) is 40.6 Å². The maximum absolute atomic E-state index is 13.3. The van der Waals surface area contributed by atoms with Gasteiger partial charge < -0.3 is 19.7 Å². The summed E-state index contributed by atoms with van der Waals surface area (Å²) in [5, 5.41) is 21.7. The highest BCUT2D eigenvalue weighted by Gasteiger charge is 2.80. The maximum atomic E-state index is 13.3. The Hall–Kier alpha value is -0.980. The van der Waals surface area contributed by atoms with E-state index in [1.807, 2.05) is 6.92 Å². The summed E-state index contributed by atoms with van der Waals surface area (Å²) in [5.74, 6) is -1.06. The number of Topliss-reactive ketones (excluding diaryl/α,β-unsaturated/α-hetero) is 1. The fraction of sp³-hybridized carbons (Fsp3) is 0.900. The molecule has 2 bridgehead atoms. The van der Waals surface area contributed by atoms with Gasteiger partial charge in [-0.05, 0) is 49.4 Å². The van der Waals surface area contributed by atoms with E-state index in [1.165, 1.54) is 0 Å². The molecule has 2 saturated heterocycles. The third kappa shape index (κ3) is 1.62. The van der Waals surface area contributed by atoms with Crippen molar-refractivity contribution in [3.05, 3.63) is 0 Å². The minimum absolute atomic E-state index is 0.0291. The molecule has 6 heteroatoms. The minimum atomic E-state index is -1.22. The van der Waals surface area contributed by atoms with Crippen LogP contribution in [0.1, 0.15) is 52.9 Å². The van der Waals surface area contributed by atoms with E-state index < -0.39 is 35.5 Å². The molecule has 2 unspecified atom stereocenters. The summed E-state index contributed by atoms with van der Waals surface area (Å²) in [6, 6.07) is 0. The predicted octanol–water partition coefficient (Wildman–Crippen LogP) is 1.62. The normalized spacial score (nSPS) is 57.2. The summed E-state index contributed by atoms with van der Waals surface area (Å²) >= 11 is 0. The average molecular weight is 364 g/mol. The zero-order chi connectivity index (χ0) is 18.6. The Labute approximate surface area is 153 Å². The van der Waals surface area contributed by atoms with E-state index in [2.05, 4.69) is 13.8 Å². The number of hydrogen-bond acceptors (Lipinski definition) is 6. The number of hydrogen-bond donors (Lipinski definition) is 2. The molecule has 3 aliphatic carbocycles. The van der Waals surface area contributed by atoms with Crippen LogP contribution in [0.5, 0.6) is 0 Å². The van der Waals surface area contributed by atoms with Crippen molar-refractivity contribution in [1.82, 2.24) is 0 Å². The van der Waals surface area contributed by atoms with Crippen LogP contribution < -0.4 is 0 Å². The van der Waals surface area contributed by atoms with E-state index >= 15 is 0 Å². The van der Waals surface area contributed by atoms with E-state index in [0.29, 0.717) is 19.3 Å². The molecule has 144 valence electrons. The molecule has 5 aliphatic rings. The van der Waals surface area contributed by atoms with Crippen molar-refractivity contribution < 1.29 is 29.3 Å². The number of fused-ring (bicyclic) bond motifs is 1. The molecular weight excluding hydrogens is 336 g/mol. The summed E-state index contributed by atoms with van der Waals surface area (Å²) in [4.78, 5) is 26.4. The molecule has 5 rings (SSSR count). The zero-order valence-corrected chi connectivity index (χ0v) is 15.6. The lowest BCUT2D eigenvalue weighted by atomic mass is 9.43. The number of carbonyl (C=O) groups is 2. The van der Waals surface area contributed by atoms with Crippen molar-refractivity contribution in [2.45, 2.75) is 71.6 Å². The van der Waals surface area contributed by atoms with Gasteiger partial charge >= 0.3 is 5.97 Å². The SMILES string of the molecule is C[C@H]1C(=O)[C@]23C[C@@H]1CC[C@H]2C12C(O)O[C@@H](O)[C@@H]1C(C)(C)CC[C@@H]2OC3=O. The highest BCUT2D eigenvalue weighted by atomic mass is 16.7. The number of aliphatic hydroxyl groups is 2. The van der Waals surface area contributed by atoms with Crippen molar-refractivity contribution >= 4 is 11.8 Å². The predicted molar refractivity (Wildman–Crippen MR) is 89.4 cm³/mol. The number of esters is 1. The van der Waals surface area contributed by atoms with Crippen molar-refractivity contribution in [2.24, 2.45) is 39.9 Å². The summed E-state index contributed by atoms with van der Waals surface area (Å²) in [6.45, 7) is 6.07. The molecule has 2 spiro atoms. The van der Waals surface area contributed by atoms with Crippen LogP contribution >= 0.6 is 0 Å². The molecule has 5 fully saturated rings. The van der Waals surface area contributed by atoms with Crippen molar-refractivity contribution in [3.8, 4) is 0 Å². The van der Waals surface area contributed by atoms with Crippen LogP contribution in [0, 0.1) is 39.9 Å². The molecule has 2 N–H and O–H groups in total. The summed E-state index contributed by atoms with van der Waals surface area (Å²) < 4.78 is 11.5. The molecule has 9 atom stereocenters. The molecule has 0 aromatic heterocycles. The Morgan fingerprint density at radius 1 is 1.12 bits per heavy atom. The van der Waals surface area contributed by atoms with Gasteiger partial charge in [-0.3, -0.25) is 9.59 Å². The summed E-state index contributed by atoms with van der Waals surface area (Å²) in [5.41, 5.74) is -2.35. The first-order valence-electron chi connectivity index (χ1n) is 9.94. The topological polar surface area (TPSA) is 93.1 Å².